The highest BCUT2D eigenvalue weighted by Gasteiger charge is 2.25. The minimum atomic E-state index is -0.493. The molecular formula is C19H32N2O4. The SMILES string of the molecule is CC(C)(C)OC(=O)NCC(NCc1ccc(CO)o1)C1CCCCC1. The largest absolute Gasteiger partial charge is 0.462 e. The molecule has 0 aliphatic heterocycles. The van der Waals surface area contributed by atoms with Crippen molar-refractivity contribution in [2.24, 2.45) is 5.92 Å². The lowest BCUT2D eigenvalue weighted by atomic mass is 9.84. The van der Waals surface area contributed by atoms with Crippen molar-refractivity contribution in [1.29, 1.82) is 0 Å². The monoisotopic (exact) mass is 352 g/mol. The third kappa shape index (κ3) is 7.08. The highest BCUT2D eigenvalue weighted by Crippen LogP contribution is 2.26. The summed E-state index contributed by atoms with van der Waals surface area (Å²) < 4.78 is 10.9. The van der Waals surface area contributed by atoms with Gasteiger partial charge in [-0.2, -0.15) is 0 Å². The fraction of sp³-hybridized carbons (Fsp3) is 0.737. The van der Waals surface area contributed by atoms with E-state index in [0.29, 0.717) is 24.8 Å². The number of ether oxygens (including phenoxy) is 1. The lowest BCUT2D eigenvalue weighted by Crippen LogP contribution is -2.46. The Morgan fingerprint density at radius 2 is 1.96 bits per heavy atom. The molecule has 1 aliphatic rings. The van der Waals surface area contributed by atoms with Gasteiger partial charge in [-0.25, -0.2) is 4.79 Å². The van der Waals surface area contributed by atoms with E-state index in [1.807, 2.05) is 26.8 Å². The first-order valence-corrected chi connectivity index (χ1v) is 9.26. The Labute approximate surface area is 150 Å². The van der Waals surface area contributed by atoms with E-state index < -0.39 is 5.60 Å². The van der Waals surface area contributed by atoms with Gasteiger partial charge in [0.05, 0.1) is 6.54 Å². The molecule has 1 atom stereocenters. The van der Waals surface area contributed by atoms with Crippen molar-refractivity contribution in [3.05, 3.63) is 23.7 Å². The molecule has 1 amide bonds. The first kappa shape index (κ1) is 19.8. The lowest BCUT2D eigenvalue weighted by Gasteiger charge is -2.31. The maximum absolute atomic E-state index is 12.0. The zero-order chi connectivity index (χ0) is 18.3. The van der Waals surface area contributed by atoms with E-state index in [9.17, 15) is 4.79 Å². The summed E-state index contributed by atoms with van der Waals surface area (Å²) in [6.07, 6.45) is 5.74. The minimum absolute atomic E-state index is 0.0910. The van der Waals surface area contributed by atoms with Crippen LogP contribution >= 0.6 is 0 Å². The number of hydrogen-bond acceptors (Lipinski definition) is 5. The number of carbonyl (C=O) groups excluding carboxylic acids is 1. The summed E-state index contributed by atoms with van der Waals surface area (Å²) in [6, 6.07) is 3.83. The van der Waals surface area contributed by atoms with E-state index in [2.05, 4.69) is 10.6 Å². The molecule has 1 aliphatic carbocycles. The van der Waals surface area contributed by atoms with Crippen LogP contribution in [-0.4, -0.2) is 29.4 Å². The van der Waals surface area contributed by atoms with Crippen molar-refractivity contribution < 1.29 is 19.1 Å². The molecule has 142 valence electrons. The molecule has 0 radical (unpaired) electrons. The van der Waals surface area contributed by atoms with Crippen LogP contribution in [0.4, 0.5) is 4.79 Å². The van der Waals surface area contributed by atoms with Gasteiger partial charge in [-0.1, -0.05) is 19.3 Å². The van der Waals surface area contributed by atoms with Gasteiger partial charge in [-0.3, -0.25) is 0 Å². The predicted molar refractivity (Wildman–Crippen MR) is 96.1 cm³/mol. The van der Waals surface area contributed by atoms with Crippen molar-refractivity contribution >= 4 is 6.09 Å². The summed E-state index contributed by atoms with van der Waals surface area (Å²) in [5.41, 5.74) is -0.493. The number of aliphatic hydroxyl groups excluding tert-OH is 1. The average Bonchev–Trinajstić information content (AvgIpc) is 3.02. The van der Waals surface area contributed by atoms with E-state index >= 15 is 0 Å². The smallest absolute Gasteiger partial charge is 0.407 e. The van der Waals surface area contributed by atoms with Gasteiger partial charge < -0.3 is 24.9 Å². The van der Waals surface area contributed by atoms with Crippen molar-refractivity contribution in [2.45, 2.75) is 77.7 Å². The van der Waals surface area contributed by atoms with Gasteiger partial charge in [0.25, 0.3) is 0 Å². The Balaban J connectivity index is 1.89. The fourth-order valence-electron chi connectivity index (χ4n) is 3.28. The first-order chi connectivity index (χ1) is 11.9. The summed E-state index contributed by atoms with van der Waals surface area (Å²) in [7, 11) is 0. The van der Waals surface area contributed by atoms with Gasteiger partial charge in [0, 0.05) is 12.6 Å². The van der Waals surface area contributed by atoms with E-state index in [1.54, 1.807) is 6.07 Å². The third-order valence-electron chi connectivity index (χ3n) is 4.50. The molecule has 6 nitrogen and oxygen atoms in total. The molecule has 0 saturated heterocycles. The van der Waals surface area contributed by atoms with Crippen molar-refractivity contribution in [2.75, 3.05) is 6.54 Å². The molecule has 0 bridgehead atoms. The maximum atomic E-state index is 12.0. The molecule has 1 unspecified atom stereocenters. The molecule has 1 saturated carbocycles. The number of hydrogen-bond donors (Lipinski definition) is 3. The molecule has 6 heteroatoms. The van der Waals surface area contributed by atoms with Crippen molar-refractivity contribution in [3.8, 4) is 0 Å². The second-order valence-corrected chi connectivity index (χ2v) is 7.79. The fourth-order valence-corrected chi connectivity index (χ4v) is 3.28. The first-order valence-electron chi connectivity index (χ1n) is 9.26. The highest BCUT2D eigenvalue weighted by molar-refractivity contribution is 5.67. The molecule has 3 N–H and O–H groups in total. The van der Waals surface area contributed by atoms with Crippen LogP contribution in [0.5, 0.6) is 0 Å². The zero-order valence-corrected chi connectivity index (χ0v) is 15.6. The summed E-state index contributed by atoms with van der Waals surface area (Å²) in [5.74, 6) is 1.90. The third-order valence-corrected chi connectivity index (χ3v) is 4.50. The zero-order valence-electron chi connectivity index (χ0n) is 15.6. The molecule has 1 fully saturated rings. The lowest BCUT2D eigenvalue weighted by molar-refractivity contribution is 0.0515. The van der Waals surface area contributed by atoms with Gasteiger partial charge in [0.1, 0.15) is 23.7 Å². The van der Waals surface area contributed by atoms with E-state index in [-0.39, 0.29) is 18.7 Å². The number of furan rings is 1. The van der Waals surface area contributed by atoms with Crippen LogP contribution in [0, 0.1) is 5.92 Å². The number of nitrogens with one attached hydrogen (secondary N) is 2. The normalized spacial score (nSPS) is 17.3. The Bertz CT molecular complexity index is 530. The summed E-state index contributed by atoms with van der Waals surface area (Å²) in [4.78, 5) is 12.0. The standard InChI is InChI=1S/C19H32N2O4/c1-19(2,3)25-18(23)21-12-17(14-7-5-4-6-8-14)20-11-15-9-10-16(13-22)24-15/h9-10,14,17,20,22H,4-8,11-13H2,1-3H3,(H,21,23). The van der Waals surface area contributed by atoms with Gasteiger partial charge >= 0.3 is 6.09 Å². The Morgan fingerprint density at radius 1 is 1.28 bits per heavy atom. The predicted octanol–water partition coefficient (Wildman–Crippen LogP) is 3.34. The van der Waals surface area contributed by atoms with Crippen molar-refractivity contribution in [3.63, 3.8) is 0 Å². The van der Waals surface area contributed by atoms with Crippen molar-refractivity contribution in [1.82, 2.24) is 10.6 Å². The van der Waals surface area contributed by atoms with Crippen LogP contribution in [0.15, 0.2) is 16.5 Å². The van der Waals surface area contributed by atoms with Crippen LogP contribution in [0.2, 0.25) is 0 Å². The van der Waals surface area contributed by atoms with Gasteiger partial charge in [-0.05, 0) is 51.7 Å². The highest BCUT2D eigenvalue weighted by atomic mass is 16.6. The van der Waals surface area contributed by atoms with Crippen LogP contribution < -0.4 is 10.6 Å². The second-order valence-electron chi connectivity index (χ2n) is 7.79. The molecule has 25 heavy (non-hydrogen) atoms. The number of aliphatic hydroxyl groups is 1. The summed E-state index contributed by atoms with van der Waals surface area (Å²) in [6.45, 7) is 6.61. The maximum Gasteiger partial charge on any atom is 0.407 e. The van der Waals surface area contributed by atoms with Gasteiger partial charge in [-0.15, -0.1) is 0 Å². The van der Waals surface area contributed by atoms with E-state index in [0.717, 1.165) is 5.76 Å². The molecule has 0 aromatic carbocycles. The molecule has 1 heterocycles. The molecular weight excluding hydrogens is 320 g/mol. The van der Waals surface area contributed by atoms with Gasteiger partial charge in [0.15, 0.2) is 0 Å². The molecule has 0 spiro atoms. The number of alkyl carbamates (subject to hydrolysis) is 1. The van der Waals surface area contributed by atoms with E-state index in [1.165, 1.54) is 32.1 Å². The second kappa shape index (κ2) is 9.25. The Morgan fingerprint density at radius 3 is 2.56 bits per heavy atom. The molecule has 1 aromatic rings. The summed E-state index contributed by atoms with van der Waals surface area (Å²) in [5, 5.41) is 15.5. The Kier molecular flexibility index (Phi) is 7.32. The van der Waals surface area contributed by atoms with Crippen LogP contribution in [0.25, 0.3) is 0 Å². The Hall–Kier alpha value is -1.53. The molecule has 1 aromatic heterocycles. The van der Waals surface area contributed by atoms with Gasteiger partial charge in [0.2, 0.25) is 0 Å². The minimum Gasteiger partial charge on any atom is -0.462 e. The van der Waals surface area contributed by atoms with Crippen LogP contribution in [0.3, 0.4) is 0 Å². The van der Waals surface area contributed by atoms with E-state index in [4.69, 9.17) is 14.3 Å². The molecule has 2 rings (SSSR count). The quantitative estimate of drug-likeness (QED) is 0.701. The topological polar surface area (TPSA) is 83.7 Å². The van der Waals surface area contributed by atoms with Crippen LogP contribution in [-0.2, 0) is 17.9 Å². The number of rotatable bonds is 7. The van der Waals surface area contributed by atoms with Crippen LogP contribution in [0.1, 0.15) is 64.4 Å². The number of amides is 1. The number of carbonyl (C=O) groups is 1. The average molecular weight is 352 g/mol. The summed E-state index contributed by atoms with van der Waals surface area (Å²) >= 11 is 0.